The Labute approximate surface area is 87.9 Å². The molecule has 0 amide bonds. The molecule has 3 heteroatoms. The van der Waals surface area contributed by atoms with Crippen molar-refractivity contribution in [3.05, 3.63) is 22.9 Å². The average Bonchev–Trinajstić information content (AvgIpc) is 2.09. The van der Waals surface area contributed by atoms with Crippen molar-refractivity contribution in [1.29, 1.82) is 0 Å². The van der Waals surface area contributed by atoms with Gasteiger partial charge in [0.25, 0.3) is 0 Å². The van der Waals surface area contributed by atoms with Gasteiger partial charge in [0.2, 0.25) is 0 Å². The number of halogens is 1. The van der Waals surface area contributed by atoms with Crippen molar-refractivity contribution in [2.45, 2.75) is 32.7 Å². The van der Waals surface area contributed by atoms with Crippen LogP contribution in [0.2, 0.25) is 0 Å². The highest BCUT2D eigenvalue weighted by Gasteiger charge is 2.03. The molecule has 1 atom stereocenters. The van der Waals surface area contributed by atoms with Crippen LogP contribution in [0.1, 0.15) is 26.7 Å². The fourth-order valence-corrected chi connectivity index (χ4v) is 1.63. The molecule has 1 N–H and O–H groups in total. The maximum absolute atomic E-state index is 4.15. The average molecular weight is 243 g/mol. The Kier molecular flexibility index (Phi) is 4.22. The van der Waals surface area contributed by atoms with Gasteiger partial charge in [-0.05, 0) is 41.4 Å². The minimum absolute atomic E-state index is 0.505. The summed E-state index contributed by atoms with van der Waals surface area (Å²) >= 11 is 3.40. The zero-order valence-corrected chi connectivity index (χ0v) is 9.63. The zero-order chi connectivity index (χ0) is 9.68. The molecule has 0 radical (unpaired) electrons. The molecule has 1 unspecified atom stereocenters. The molecule has 13 heavy (non-hydrogen) atoms. The lowest BCUT2D eigenvalue weighted by molar-refractivity contribution is 0.689. The molecule has 1 aromatic rings. The molecule has 0 bridgehead atoms. The zero-order valence-electron chi connectivity index (χ0n) is 8.05. The van der Waals surface area contributed by atoms with Gasteiger partial charge in [0, 0.05) is 12.2 Å². The molecule has 0 fully saturated rings. The van der Waals surface area contributed by atoms with Gasteiger partial charge in [-0.2, -0.15) is 0 Å². The molecule has 0 aliphatic rings. The summed E-state index contributed by atoms with van der Waals surface area (Å²) in [7, 11) is 0. The van der Waals surface area contributed by atoms with E-state index in [4.69, 9.17) is 0 Å². The first kappa shape index (κ1) is 10.5. The molecular formula is C10H15BrN2. The van der Waals surface area contributed by atoms with Crippen LogP contribution in [-0.4, -0.2) is 11.0 Å². The highest BCUT2D eigenvalue weighted by Crippen LogP contribution is 2.19. The van der Waals surface area contributed by atoms with Gasteiger partial charge >= 0.3 is 0 Å². The van der Waals surface area contributed by atoms with E-state index in [2.05, 4.69) is 40.1 Å². The molecule has 72 valence electrons. The van der Waals surface area contributed by atoms with Crippen LogP contribution in [0.25, 0.3) is 0 Å². The maximum atomic E-state index is 4.15. The summed E-state index contributed by atoms with van der Waals surface area (Å²) in [6.07, 6.45) is 4.16. The fourth-order valence-electron chi connectivity index (χ4n) is 1.26. The van der Waals surface area contributed by atoms with Crippen LogP contribution in [0.15, 0.2) is 22.9 Å². The third kappa shape index (κ3) is 3.35. The first-order valence-electron chi connectivity index (χ1n) is 4.61. The molecule has 1 heterocycles. The Balaban J connectivity index is 2.58. The number of hydrogen-bond acceptors (Lipinski definition) is 2. The van der Waals surface area contributed by atoms with E-state index in [1.807, 2.05) is 12.1 Å². The first-order valence-corrected chi connectivity index (χ1v) is 5.40. The van der Waals surface area contributed by atoms with Crippen molar-refractivity contribution in [3.63, 3.8) is 0 Å². The van der Waals surface area contributed by atoms with Crippen molar-refractivity contribution in [3.8, 4) is 0 Å². The lowest BCUT2D eigenvalue weighted by atomic mass is 10.2. The number of nitrogens with one attached hydrogen (secondary N) is 1. The lowest BCUT2D eigenvalue weighted by Gasteiger charge is -2.14. The maximum Gasteiger partial charge on any atom is 0.129 e. The van der Waals surface area contributed by atoms with E-state index in [0.29, 0.717) is 6.04 Å². The first-order chi connectivity index (χ1) is 6.24. The summed E-state index contributed by atoms with van der Waals surface area (Å²) < 4.78 is 0.887. The molecular weight excluding hydrogens is 228 g/mol. The van der Waals surface area contributed by atoms with E-state index in [1.165, 1.54) is 12.8 Å². The number of anilines is 1. The standard InChI is InChI=1S/C10H15BrN2/c1-3-5-8(2)13-9-6-4-7-12-10(9)11/h4,6-8,13H,3,5H2,1-2H3. The van der Waals surface area contributed by atoms with Gasteiger partial charge in [-0.1, -0.05) is 13.3 Å². The predicted octanol–water partition coefficient (Wildman–Crippen LogP) is 3.44. The number of hydrogen-bond donors (Lipinski definition) is 1. The highest BCUT2D eigenvalue weighted by molar-refractivity contribution is 9.10. The fraction of sp³-hybridized carbons (Fsp3) is 0.500. The third-order valence-corrected chi connectivity index (χ3v) is 2.51. The van der Waals surface area contributed by atoms with E-state index < -0.39 is 0 Å². The van der Waals surface area contributed by atoms with Gasteiger partial charge in [-0.15, -0.1) is 0 Å². The number of pyridine rings is 1. The van der Waals surface area contributed by atoms with Crippen LogP contribution in [0.3, 0.4) is 0 Å². The van der Waals surface area contributed by atoms with Crippen molar-refractivity contribution >= 4 is 21.6 Å². The SMILES string of the molecule is CCCC(C)Nc1cccnc1Br. The molecule has 1 rings (SSSR count). The van der Waals surface area contributed by atoms with Gasteiger partial charge < -0.3 is 5.32 Å². The second-order valence-electron chi connectivity index (χ2n) is 3.18. The van der Waals surface area contributed by atoms with E-state index in [-0.39, 0.29) is 0 Å². The molecule has 0 aliphatic carbocycles. The molecule has 0 aliphatic heterocycles. The van der Waals surface area contributed by atoms with Crippen LogP contribution in [0.5, 0.6) is 0 Å². The number of rotatable bonds is 4. The molecule has 0 aromatic carbocycles. The van der Waals surface area contributed by atoms with Gasteiger partial charge in [0.15, 0.2) is 0 Å². The Morgan fingerprint density at radius 2 is 2.38 bits per heavy atom. The smallest absolute Gasteiger partial charge is 0.129 e. The quantitative estimate of drug-likeness (QED) is 0.819. The lowest BCUT2D eigenvalue weighted by Crippen LogP contribution is -2.14. The summed E-state index contributed by atoms with van der Waals surface area (Å²) in [4.78, 5) is 4.15. The normalized spacial score (nSPS) is 12.5. The predicted molar refractivity (Wildman–Crippen MR) is 59.9 cm³/mol. The van der Waals surface area contributed by atoms with Crippen LogP contribution in [-0.2, 0) is 0 Å². The molecule has 0 spiro atoms. The van der Waals surface area contributed by atoms with Crippen LogP contribution < -0.4 is 5.32 Å². The van der Waals surface area contributed by atoms with Gasteiger partial charge in [0.05, 0.1) is 5.69 Å². The van der Waals surface area contributed by atoms with E-state index in [1.54, 1.807) is 6.20 Å². The monoisotopic (exact) mass is 242 g/mol. The van der Waals surface area contributed by atoms with Gasteiger partial charge in [-0.3, -0.25) is 0 Å². The summed E-state index contributed by atoms with van der Waals surface area (Å²) in [5.74, 6) is 0. The Morgan fingerprint density at radius 3 is 3.00 bits per heavy atom. The van der Waals surface area contributed by atoms with Crippen LogP contribution in [0.4, 0.5) is 5.69 Å². The minimum Gasteiger partial charge on any atom is -0.380 e. The van der Waals surface area contributed by atoms with E-state index in [0.717, 1.165) is 10.3 Å². The summed E-state index contributed by atoms with van der Waals surface area (Å²) in [6, 6.07) is 4.47. The summed E-state index contributed by atoms with van der Waals surface area (Å²) in [5.41, 5.74) is 1.07. The Morgan fingerprint density at radius 1 is 1.62 bits per heavy atom. The molecule has 0 saturated heterocycles. The van der Waals surface area contributed by atoms with Gasteiger partial charge in [-0.25, -0.2) is 4.98 Å². The van der Waals surface area contributed by atoms with Crippen LogP contribution in [0, 0.1) is 0 Å². The number of aromatic nitrogens is 1. The number of nitrogens with zero attached hydrogens (tertiary/aromatic N) is 1. The molecule has 2 nitrogen and oxygen atoms in total. The highest BCUT2D eigenvalue weighted by atomic mass is 79.9. The van der Waals surface area contributed by atoms with Crippen molar-refractivity contribution in [2.75, 3.05) is 5.32 Å². The van der Waals surface area contributed by atoms with Crippen molar-refractivity contribution in [2.24, 2.45) is 0 Å². The van der Waals surface area contributed by atoms with Crippen LogP contribution >= 0.6 is 15.9 Å². The van der Waals surface area contributed by atoms with Crippen molar-refractivity contribution in [1.82, 2.24) is 4.98 Å². The minimum atomic E-state index is 0.505. The summed E-state index contributed by atoms with van der Waals surface area (Å²) in [6.45, 7) is 4.37. The van der Waals surface area contributed by atoms with E-state index in [9.17, 15) is 0 Å². The molecule has 1 aromatic heterocycles. The van der Waals surface area contributed by atoms with Gasteiger partial charge in [0.1, 0.15) is 4.60 Å². The molecule has 0 saturated carbocycles. The van der Waals surface area contributed by atoms with E-state index >= 15 is 0 Å². The topological polar surface area (TPSA) is 24.9 Å². The third-order valence-electron chi connectivity index (χ3n) is 1.88. The Bertz CT molecular complexity index is 263. The van der Waals surface area contributed by atoms with Crippen molar-refractivity contribution < 1.29 is 0 Å². The summed E-state index contributed by atoms with van der Waals surface area (Å²) in [5, 5.41) is 3.40. The Hall–Kier alpha value is -0.570. The second kappa shape index (κ2) is 5.22. The largest absolute Gasteiger partial charge is 0.380 e. The second-order valence-corrected chi connectivity index (χ2v) is 3.93.